The van der Waals surface area contributed by atoms with Crippen LogP contribution in [0.5, 0.6) is 5.75 Å². The topological polar surface area (TPSA) is 70.1 Å². The van der Waals surface area contributed by atoms with Crippen LogP contribution in [0.3, 0.4) is 0 Å². The van der Waals surface area contributed by atoms with Crippen LogP contribution in [0.15, 0.2) is 48.5 Å². The molecule has 9 heteroatoms. The minimum absolute atomic E-state index is 0. The van der Waals surface area contributed by atoms with Crippen LogP contribution in [-0.4, -0.2) is 61.1 Å². The quantitative estimate of drug-likeness (QED) is 0.557. The van der Waals surface area contributed by atoms with Crippen molar-refractivity contribution in [1.29, 1.82) is 0 Å². The number of aliphatic carboxylic acids is 1. The van der Waals surface area contributed by atoms with E-state index in [0.29, 0.717) is 17.9 Å². The molecule has 1 aliphatic heterocycles. The van der Waals surface area contributed by atoms with Gasteiger partial charge in [-0.15, -0.1) is 24.8 Å². The van der Waals surface area contributed by atoms with Gasteiger partial charge in [-0.2, -0.15) is 0 Å². The third-order valence-electron chi connectivity index (χ3n) is 4.96. The van der Waals surface area contributed by atoms with Gasteiger partial charge in [0.1, 0.15) is 18.2 Å². The molecule has 31 heavy (non-hydrogen) atoms. The highest BCUT2D eigenvalue weighted by molar-refractivity contribution is 5.97. The normalized spacial score (nSPS) is 13.6. The number of Topliss-reactive ketones (excluding diaryl/α,β-unsaturated/α-hetero) is 1. The first-order chi connectivity index (χ1) is 14.0. The fourth-order valence-electron chi connectivity index (χ4n) is 3.30. The molecule has 1 saturated heterocycles. The average Bonchev–Trinajstić information content (AvgIpc) is 2.73. The van der Waals surface area contributed by atoms with Crippen molar-refractivity contribution in [3.05, 3.63) is 59.9 Å². The zero-order chi connectivity index (χ0) is 20.6. The summed E-state index contributed by atoms with van der Waals surface area (Å²) in [4.78, 5) is 26.9. The van der Waals surface area contributed by atoms with E-state index in [-0.39, 0.29) is 49.3 Å². The van der Waals surface area contributed by atoms with Crippen molar-refractivity contribution in [2.24, 2.45) is 0 Å². The number of piperazine rings is 1. The molecule has 0 saturated carbocycles. The van der Waals surface area contributed by atoms with Crippen molar-refractivity contribution in [2.45, 2.75) is 12.8 Å². The Morgan fingerprint density at radius 2 is 1.65 bits per heavy atom. The number of carbonyl (C=O) groups excluding carboxylic acids is 1. The van der Waals surface area contributed by atoms with Crippen LogP contribution in [0.1, 0.15) is 23.2 Å². The Balaban J connectivity index is 0.00000240. The molecule has 0 atom stereocenters. The number of rotatable bonds is 9. The van der Waals surface area contributed by atoms with Gasteiger partial charge in [-0.3, -0.25) is 14.5 Å². The highest BCUT2D eigenvalue weighted by Gasteiger charge is 2.17. The summed E-state index contributed by atoms with van der Waals surface area (Å²) in [6.07, 6.45) is -0.166. The summed E-state index contributed by atoms with van der Waals surface area (Å²) >= 11 is 0. The predicted molar refractivity (Wildman–Crippen MR) is 123 cm³/mol. The SMILES string of the molecule is Cl.Cl.O=C(O)CCC(=O)c1ccc(OCCN2CCN(c3cccc(F)c3)CC2)cc1. The molecule has 6 nitrogen and oxygen atoms in total. The number of hydrogen-bond donors (Lipinski definition) is 1. The lowest BCUT2D eigenvalue weighted by molar-refractivity contribution is -0.136. The Labute approximate surface area is 193 Å². The van der Waals surface area contributed by atoms with E-state index < -0.39 is 5.97 Å². The third kappa shape index (κ3) is 8.36. The van der Waals surface area contributed by atoms with Crippen molar-refractivity contribution in [3.8, 4) is 5.75 Å². The van der Waals surface area contributed by atoms with Crippen molar-refractivity contribution in [1.82, 2.24) is 4.90 Å². The van der Waals surface area contributed by atoms with Gasteiger partial charge in [0.05, 0.1) is 6.42 Å². The molecule has 0 unspecified atom stereocenters. The van der Waals surface area contributed by atoms with Gasteiger partial charge in [-0.25, -0.2) is 4.39 Å². The molecule has 0 amide bonds. The van der Waals surface area contributed by atoms with Crippen molar-refractivity contribution in [3.63, 3.8) is 0 Å². The minimum Gasteiger partial charge on any atom is -0.492 e. The van der Waals surface area contributed by atoms with E-state index in [4.69, 9.17) is 9.84 Å². The molecule has 2 aromatic carbocycles. The fraction of sp³-hybridized carbons (Fsp3) is 0.364. The molecule has 0 radical (unpaired) electrons. The van der Waals surface area contributed by atoms with E-state index in [1.807, 2.05) is 6.07 Å². The number of halogens is 3. The van der Waals surface area contributed by atoms with Crippen LogP contribution in [0.2, 0.25) is 0 Å². The lowest BCUT2D eigenvalue weighted by atomic mass is 10.1. The smallest absolute Gasteiger partial charge is 0.303 e. The Hall–Kier alpha value is -2.35. The van der Waals surface area contributed by atoms with E-state index >= 15 is 0 Å². The molecule has 1 heterocycles. The molecular weight excluding hydrogens is 446 g/mol. The molecule has 0 aliphatic carbocycles. The molecule has 3 rings (SSSR count). The minimum atomic E-state index is -0.977. The van der Waals surface area contributed by atoms with E-state index in [0.717, 1.165) is 38.4 Å². The summed E-state index contributed by atoms with van der Waals surface area (Å²) in [5.41, 5.74) is 1.41. The van der Waals surface area contributed by atoms with Gasteiger partial charge in [0.25, 0.3) is 0 Å². The zero-order valence-corrected chi connectivity index (χ0v) is 18.7. The fourth-order valence-corrected chi connectivity index (χ4v) is 3.30. The third-order valence-corrected chi connectivity index (χ3v) is 4.96. The van der Waals surface area contributed by atoms with Gasteiger partial charge in [0.2, 0.25) is 0 Å². The van der Waals surface area contributed by atoms with E-state index in [1.54, 1.807) is 36.4 Å². The average molecular weight is 473 g/mol. The lowest BCUT2D eigenvalue weighted by Crippen LogP contribution is -2.47. The molecule has 2 aromatic rings. The number of carboxylic acid groups (broad SMARTS) is 1. The monoisotopic (exact) mass is 472 g/mol. The number of nitrogens with zero attached hydrogens (tertiary/aromatic N) is 2. The molecular formula is C22H27Cl2FN2O4. The van der Waals surface area contributed by atoms with Crippen molar-refractivity contribution >= 4 is 42.3 Å². The van der Waals surface area contributed by atoms with Gasteiger partial charge in [0, 0.05) is 50.4 Å². The largest absolute Gasteiger partial charge is 0.492 e. The summed E-state index contributed by atoms with van der Waals surface area (Å²) in [6.45, 7) is 4.78. The molecule has 0 bridgehead atoms. The van der Waals surface area contributed by atoms with Crippen LogP contribution in [-0.2, 0) is 4.79 Å². The second kappa shape index (κ2) is 13.1. The summed E-state index contributed by atoms with van der Waals surface area (Å²) in [7, 11) is 0. The molecule has 1 aliphatic rings. The van der Waals surface area contributed by atoms with Gasteiger partial charge in [-0.05, 0) is 42.5 Å². The summed E-state index contributed by atoms with van der Waals surface area (Å²) in [5, 5.41) is 8.65. The summed E-state index contributed by atoms with van der Waals surface area (Å²) < 4.78 is 19.1. The highest BCUT2D eigenvalue weighted by Crippen LogP contribution is 2.18. The van der Waals surface area contributed by atoms with Gasteiger partial charge in [0.15, 0.2) is 5.78 Å². The van der Waals surface area contributed by atoms with Crippen molar-refractivity contribution < 1.29 is 23.8 Å². The Morgan fingerprint density at radius 3 is 2.26 bits per heavy atom. The second-order valence-electron chi connectivity index (χ2n) is 7.00. The van der Waals surface area contributed by atoms with E-state index in [2.05, 4.69) is 9.80 Å². The van der Waals surface area contributed by atoms with Crippen molar-refractivity contribution in [2.75, 3.05) is 44.2 Å². The number of anilines is 1. The van der Waals surface area contributed by atoms with Crippen LogP contribution >= 0.6 is 24.8 Å². The Bertz CT molecular complexity index is 844. The summed E-state index contributed by atoms with van der Waals surface area (Å²) in [5.74, 6) is -0.698. The number of carboxylic acids is 1. The Morgan fingerprint density at radius 1 is 0.968 bits per heavy atom. The molecule has 1 N–H and O–H groups in total. The predicted octanol–water partition coefficient (Wildman–Crippen LogP) is 3.92. The number of ketones is 1. The number of carbonyl (C=O) groups is 2. The number of ether oxygens (including phenoxy) is 1. The standard InChI is InChI=1S/C22H25FN2O4.2ClH/c23-18-2-1-3-19(16-18)25-12-10-24(11-13-25)14-15-29-20-6-4-17(5-7-20)21(26)8-9-22(27)28;;/h1-7,16H,8-15H2,(H,27,28);2*1H. The number of benzene rings is 2. The Kier molecular flexibility index (Phi) is 11.3. The maximum Gasteiger partial charge on any atom is 0.303 e. The molecule has 0 aromatic heterocycles. The maximum absolute atomic E-state index is 13.4. The maximum atomic E-state index is 13.4. The van der Waals surface area contributed by atoms with Gasteiger partial charge in [-0.1, -0.05) is 6.07 Å². The second-order valence-corrected chi connectivity index (χ2v) is 7.00. The highest BCUT2D eigenvalue weighted by atomic mass is 35.5. The lowest BCUT2D eigenvalue weighted by Gasteiger charge is -2.36. The molecule has 1 fully saturated rings. The van der Waals surface area contributed by atoms with Crippen LogP contribution < -0.4 is 9.64 Å². The van der Waals surface area contributed by atoms with Crippen LogP contribution in [0.25, 0.3) is 0 Å². The first-order valence-electron chi connectivity index (χ1n) is 9.72. The molecule has 170 valence electrons. The van der Waals surface area contributed by atoms with Gasteiger partial charge < -0.3 is 14.7 Å². The van der Waals surface area contributed by atoms with Crippen LogP contribution in [0.4, 0.5) is 10.1 Å². The van der Waals surface area contributed by atoms with Gasteiger partial charge >= 0.3 is 5.97 Å². The first kappa shape index (κ1) is 26.7. The summed E-state index contributed by atoms with van der Waals surface area (Å²) in [6, 6.07) is 13.5. The van der Waals surface area contributed by atoms with E-state index in [1.165, 1.54) is 6.07 Å². The number of hydrogen-bond acceptors (Lipinski definition) is 5. The van der Waals surface area contributed by atoms with Crippen LogP contribution in [0, 0.1) is 5.82 Å². The zero-order valence-electron chi connectivity index (χ0n) is 17.0. The first-order valence-corrected chi connectivity index (χ1v) is 9.72. The van der Waals surface area contributed by atoms with E-state index in [9.17, 15) is 14.0 Å². The molecule has 0 spiro atoms.